The number of ether oxygens (including phenoxy) is 3. The van der Waals surface area contributed by atoms with Gasteiger partial charge in [-0.1, -0.05) is 23.2 Å². The largest absolute Gasteiger partial charge is 0.489 e. The second-order valence-electron chi connectivity index (χ2n) is 5.93. The van der Waals surface area contributed by atoms with Crippen molar-refractivity contribution in [2.45, 2.75) is 19.9 Å². The molecule has 0 saturated heterocycles. The summed E-state index contributed by atoms with van der Waals surface area (Å²) >= 11 is 12.2. The van der Waals surface area contributed by atoms with Crippen LogP contribution < -0.4 is 19.5 Å². The average Bonchev–Trinajstić information content (AvgIpc) is 2.85. The van der Waals surface area contributed by atoms with E-state index in [1.54, 1.807) is 24.3 Å². The second kappa shape index (κ2) is 8.52. The molecule has 138 valence electrons. The third kappa shape index (κ3) is 4.74. The smallest absolute Gasteiger partial charge is 0.258 e. The van der Waals surface area contributed by atoms with Gasteiger partial charge in [0.05, 0.1) is 18.2 Å². The predicted molar refractivity (Wildman–Crippen MR) is 101 cm³/mol. The molecule has 0 atom stereocenters. The standard InChI is InChI=1S/C19H19Cl2NO4/c1-12-7-14(20)3-4-16(12)26-11-18(23)22-10-13-8-15(21)19-17(9-13)24-5-2-6-25-19/h3-4,7-9H,2,5-6,10-11H2,1H3,(H,22,23). The number of halogens is 2. The van der Waals surface area contributed by atoms with E-state index in [1.165, 1.54) is 0 Å². The molecule has 26 heavy (non-hydrogen) atoms. The molecule has 0 fully saturated rings. The Morgan fingerprint density at radius 3 is 2.81 bits per heavy atom. The summed E-state index contributed by atoms with van der Waals surface area (Å²) in [6.07, 6.45) is 0.804. The molecule has 1 heterocycles. The number of nitrogens with one attached hydrogen (secondary N) is 1. The lowest BCUT2D eigenvalue weighted by Gasteiger charge is -2.13. The van der Waals surface area contributed by atoms with E-state index in [1.807, 2.05) is 13.0 Å². The van der Waals surface area contributed by atoms with Gasteiger partial charge in [0.2, 0.25) is 0 Å². The van der Waals surface area contributed by atoms with Crippen molar-refractivity contribution >= 4 is 29.1 Å². The van der Waals surface area contributed by atoms with Gasteiger partial charge in [0.15, 0.2) is 18.1 Å². The Morgan fingerprint density at radius 1 is 1.19 bits per heavy atom. The van der Waals surface area contributed by atoms with Gasteiger partial charge < -0.3 is 19.5 Å². The van der Waals surface area contributed by atoms with Crippen molar-refractivity contribution in [3.05, 3.63) is 51.5 Å². The zero-order valence-electron chi connectivity index (χ0n) is 14.3. The molecule has 0 spiro atoms. The number of fused-ring (bicyclic) bond motifs is 1. The third-order valence-corrected chi connectivity index (χ3v) is 4.36. The van der Waals surface area contributed by atoms with E-state index in [4.69, 9.17) is 37.4 Å². The van der Waals surface area contributed by atoms with Crippen LogP contribution in [0, 0.1) is 6.92 Å². The maximum atomic E-state index is 12.0. The van der Waals surface area contributed by atoms with E-state index in [9.17, 15) is 4.79 Å². The summed E-state index contributed by atoms with van der Waals surface area (Å²) < 4.78 is 16.8. The van der Waals surface area contributed by atoms with Crippen LogP contribution in [0.15, 0.2) is 30.3 Å². The fourth-order valence-electron chi connectivity index (χ4n) is 2.56. The molecular weight excluding hydrogens is 377 g/mol. The predicted octanol–water partition coefficient (Wildman–Crippen LogP) is 4.16. The van der Waals surface area contributed by atoms with Crippen LogP contribution in [-0.2, 0) is 11.3 Å². The summed E-state index contributed by atoms with van der Waals surface area (Å²) in [5.74, 6) is 1.55. The van der Waals surface area contributed by atoms with Gasteiger partial charge in [0.25, 0.3) is 5.91 Å². The molecule has 0 unspecified atom stereocenters. The summed E-state index contributed by atoms with van der Waals surface area (Å²) in [5.41, 5.74) is 1.70. The van der Waals surface area contributed by atoms with Gasteiger partial charge in [-0.2, -0.15) is 0 Å². The van der Waals surface area contributed by atoms with Crippen molar-refractivity contribution in [1.29, 1.82) is 0 Å². The van der Waals surface area contributed by atoms with Crippen molar-refractivity contribution in [2.75, 3.05) is 19.8 Å². The Hall–Kier alpha value is -2.11. The molecule has 0 aliphatic carbocycles. The van der Waals surface area contributed by atoms with Crippen LogP contribution in [-0.4, -0.2) is 25.7 Å². The zero-order valence-corrected chi connectivity index (χ0v) is 15.8. The van der Waals surface area contributed by atoms with Crippen molar-refractivity contribution in [2.24, 2.45) is 0 Å². The molecule has 7 heteroatoms. The van der Waals surface area contributed by atoms with Crippen molar-refractivity contribution in [1.82, 2.24) is 5.32 Å². The van der Waals surface area contributed by atoms with E-state index < -0.39 is 0 Å². The Kier molecular flexibility index (Phi) is 6.12. The van der Waals surface area contributed by atoms with E-state index >= 15 is 0 Å². The van der Waals surface area contributed by atoms with Gasteiger partial charge in [-0.15, -0.1) is 0 Å². The number of aryl methyl sites for hydroxylation is 1. The van der Waals surface area contributed by atoms with E-state index in [0.717, 1.165) is 17.5 Å². The van der Waals surface area contributed by atoms with E-state index in [2.05, 4.69) is 5.32 Å². The first-order chi connectivity index (χ1) is 12.5. The van der Waals surface area contributed by atoms with Crippen molar-refractivity contribution in [3.63, 3.8) is 0 Å². The Morgan fingerprint density at radius 2 is 2.00 bits per heavy atom. The average molecular weight is 396 g/mol. The molecule has 5 nitrogen and oxygen atoms in total. The number of carbonyl (C=O) groups is 1. The molecule has 1 amide bonds. The molecule has 0 aromatic heterocycles. The maximum absolute atomic E-state index is 12.0. The Bertz CT molecular complexity index is 810. The number of amides is 1. The Balaban J connectivity index is 1.56. The van der Waals surface area contributed by atoms with Crippen LogP contribution in [0.4, 0.5) is 0 Å². The fraction of sp³-hybridized carbons (Fsp3) is 0.316. The fourth-order valence-corrected chi connectivity index (χ4v) is 3.07. The molecular formula is C19H19Cl2NO4. The highest BCUT2D eigenvalue weighted by Gasteiger charge is 2.16. The second-order valence-corrected chi connectivity index (χ2v) is 6.77. The highest BCUT2D eigenvalue weighted by atomic mass is 35.5. The minimum absolute atomic E-state index is 0.0826. The highest BCUT2D eigenvalue weighted by molar-refractivity contribution is 6.32. The highest BCUT2D eigenvalue weighted by Crippen LogP contribution is 2.37. The molecule has 1 aliphatic rings. The normalized spacial score (nSPS) is 13.0. The van der Waals surface area contributed by atoms with E-state index in [0.29, 0.717) is 47.1 Å². The maximum Gasteiger partial charge on any atom is 0.258 e. The third-order valence-electron chi connectivity index (χ3n) is 3.85. The topological polar surface area (TPSA) is 56.8 Å². The molecule has 0 radical (unpaired) electrons. The lowest BCUT2D eigenvalue weighted by atomic mass is 10.2. The van der Waals surface area contributed by atoms with E-state index in [-0.39, 0.29) is 12.5 Å². The minimum Gasteiger partial charge on any atom is -0.489 e. The van der Waals surface area contributed by atoms with Gasteiger partial charge in [-0.25, -0.2) is 0 Å². The summed E-state index contributed by atoms with van der Waals surface area (Å²) in [6, 6.07) is 8.85. The zero-order chi connectivity index (χ0) is 18.5. The summed E-state index contributed by atoms with van der Waals surface area (Å²) in [5, 5.41) is 3.91. The number of rotatable bonds is 5. The van der Waals surface area contributed by atoms with Crippen molar-refractivity contribution in [3.8, 4) is 17.2 Å². The van der Waals surface area contributed by atoms with Gasteiger partial charge in [-0.05, 0) is 48.4 Å². The van der Waals surface area contributed by atoms with Gasteiger partial charge >= 0.3 is 0 Å². The lowest BCUT2D eigenvalue weighted by Crippen LogP contribution is -2.28. The first-order valence-corrected chi connectivity index (χ1v) is 9.02. The summed E-state index contributed by atoms with van der Waals surface area (Å²) in [6.45, 7) is 3.26. The Labute approximate surface area is 162 Å². The molecule has 0 saturated carbocycles. The molecule has 2 aromatic carbocycles. The summed E-state index contributed by atoms with van der Waals surface area (Å²) in [4.78, 5) is 12.0. The van der Waals surface area contributed by atoms with Crippen LogP contribution in [0.5, 0.6) is 17.2 Å². The lowest BCUT2D eigenvalue weighted by molar-refractivity contribution is -0.123. The number of carbonyl (C=O) groups excluding carboxylic acids is 1. The van der Waals surface area contributed by atoms with Crippen LogP contribution in [0.25, 0.3) is 0 Å². The van der Waals surface area contributed by atoms with Gasteiger partial charge in [0.1, 0.15) is 5.75 Å². The quantitative estimate of drug-likeness (QED) is 0.825. The van der Waals surface area contributed by atoms with Gasteiger partial charge in [0, 0.05) is 18.0 Å². The van der Waals surface area contributed by atoms with Crippen LogP contribution >= 0.6 is 23.2 Å². The minimum atomic E-state index is -0.234. The molecule has 2 aromatic rings. The van der Waals surface area contributed by atoms with Crippen molar-refractivity contribution < 1.29 is 19.0 Å². The summed E-state index contributed by atoms with van der Waals surface area (Å²) in [7, 11) is 0. The number of benzene rings is 2. The SMILES string of the molecule is Cc1cc(Cl)ccc1OCC(=O)NCc1cc(Cl)c2c(c1)OCCCO2. The van der Waals surface area contributed by atoms with Crippen LogP contribution in [0.3, 0.4) is 0 Å². The first kappa shape index (κ1) is 18.7. The number of hydrogen-bond donors (Lipinski definition) is 1. The van der Waals surface area contributed by atoms with Crippen LogP contribution in [0.2, 0.25) is 10.0 Å². The first-order valence-electron chi connectivity index (χ1n) is 8.26. The molecule has 1 aliphatic heterocycles. The number of hydrogen-bond acceptors (Lipinski definition) is 4. The van der Waals surface area contributed by atoms with Crippen LogP contribution in [0.1, 0.15) is 17.5 Å². The molecule has 3 rings (SSSR count). The van der Waals surface area contributed by atoms with Gasteiger partial charge in [-0.3, -0.25) is 4.79 Å². The molecule has 0 bridgehead atoms. The molecule has 1 N–H and O–H groups in total. The monoisotopic (exact) mass is 395 g/mol.